The van der Waals surface area contributed by atoms with Crippen LogP contribution in [0.3, 0.4) is 0 Å². The lowest BCUT2D eigenvalue weighted by Crippen LogP contribution is -2.87. The van der Waals surface area contributed by atoms with Crippen LogP contribution < -0.4 is 10.6 Å². The molecule has 3 N–H and O–H groups in total. The fourth-order valence-electron chi connectivity index (χ4n) is 3.04. The number of carbonyl (C=O) groups excluding carboxylic acids is 1. The van der Waals surface area contributed by atoms with Gasteiger partial charge in [0, 0.05) is 21.7 Å². The van der Waals surface area contributed by atoms with Gasteiger partial charge < -0.3 is 10.6 Å². The highest BCUT2D eigenvalue weighted by Crippen LogP contribution is 2.20. The number of quaternary nitrogens is 1. The number of anilines is 1. The third kappa shape index (κ3) is 5.46. The summed E-state index contributed by atoms with van der Waals surface area (Å²) < 4.78 is 0. The first-order valence-electron chi connectivity index (χ1n) is 9.04. The maximum Gasteiger partial charge on any atom is 0.279 e. The zero-order valence-corrected chi connectivity index (χ0v) is 16.5. The van der Waals surface area contributed by atoms with E-state index in [1.165, 1.54) is 16.7 Å². The Hall–Kier alpha value is -2.56. The molecule has 0 fully saturated rings. The van der Waals surface area contributed by atoms with Crippen molar-refractivity contribution in [2.75, 3.05) is 18.1 Å². The molecule has 0 spiro atoms. The fraction of sp³-hybridized carbons (Fsp3) is 0.174. The van der Waals surface area contributed by atoms with Gasteiger partial charge in [0.2, 0.25) is 0 Å². The quantitative estimate of drug-likeness (QED) is 0.611. The largest absolute Gasteiger partial charge is 0.328 e. The number of rotatable bonds is 7. The standard InChI is InChI=1S/C23H24N2OS/c1-17-11-13-19(14-12-17)23(18-7-4-3-5-8-18)24-16-22(26)25-20-9-6-10-21(15-20)27-2/h3-15,23-24H,16H2,1-2H3,(H,25,26)/p+1/t23-/m0/s1. The van der Waals surface area contributed by atoms with Gasteiger partial charge in [-0.3, -0.25) is 4.79 Å². The van der Waals surface area contributed by atoms with Crippen LogP contribution in [0, 0.1) is 6.92 Å². The van der Waals surface area contributed by atoms with Crippen LogP contribution in [0.2, 0.25) is 0 Å². The van der Waals surface area contributed by atoms with Gasteiger partial charge in [-0.15, -0.1) is 11.8 Å². The van der Waals surface area contributed by atoms with Gasteiger partial charge in [0.05, 0.1) is 0 Å². The highest BCUT2D eigenvalue weighted by molar-refractivity contribution is 7.98. The van der Waals surface area contributed by atoms with Crippen LogP contribution in [0.25, 0.3) is 0 Å². The van der Waals surface area contributed by atoms with E-state index in [2.05, 4.69) is 54.0 Å². The summed E-state index contributed by atoms with van der Waals surface area (Å²) in [4.78, 5) is 13.6. The van der Waals surface area contributed by atoms with Gasteiger partial charge in [-0.2, -0.15) is 0 Å². The summed E-state index contributed by atoms with van der Waals surface area (Å²) in [7, 11) is 0. The van der Waals surface area contributed by atoms with Gasteiger partial charge >= 0.3 is 0 Å². The number of nitrogens with one attached hydrogen (secondary N) is 1. The number of nitrogens with two attached hydrogens (primary N) is 1. The Morgan fingerprint density at radius 2 is 1.67 bits per heavy atom. The van der Waals surface area contributed by atoms with Gasteiger partial charge in [0.1, 0.15) is 6.04 Å². The molecule has 3 nitrogen and oxygen atoms in total. The average molecular weight is 378 g/mol. The zero-order chi connectivity index (χ0) is 19.1. The van der Waals surface area contributed by atoms with Crippen LogP contribution in [0.1, 0.15) is 22.7 Å². The van der Waals surface area contributed by atoms with Crippen LogP contribution >= 0.6 is 11.8 Å². The summed E-state index contributed by atoms with van der Waals surface area (Å²) in [5.41, 5.74) is 4.46. The summed E-state index contributed by atoms with van der Waals surface area (Å²) in [5.74, 6) is 0.00120. The molecular weight excluding hydrogens is 352 g/mol. The molecule has 138 valence electrons. The highest BCUT2D eigenvalue weighted by atomic mass is 32.2. The van der Waals surface area contributed by atoms with E-state index in [-0.39, 0.29) is 11.9 Å². The molecule has 3 aromatic rings. The SMILES string of the molecule is CSc1cccc(NC(=O)C[NH2+][C@@H](c2ccccc2)c2ccc(C)cc2)c1. The Kier molecular flexibility index (Phi) is 6.69. The molecule has 0 bridgehead atoms. The molecule has 0 aliphatic heterocycles. The number of hydrogen-bond acceptors (Lipinski definition) is 2. The van der Waals surface area contributed by atoms with E-state index in [0.29, 0.717) is 6.54 Å². The molecule has 0 heterocycles. The summed E-state index contributed by atoms with van der Waals surface area (Å²) >= 11 is 1.66. The van der Waals surface area contributed by atoms with E-state index >= 15 is 0 Å². The Balaban J connectivity index is 1.70. The molecular formula is C23H25N2OS+. The Morgan fingerprint density at radius 3 is 2.37 bits per heavy atom. The van der Waals surface area contributed by atoms with Crippen LogP contribution in [-0.4, -0.2) is 18.7 Å². The molecule has 3 aromatic carbocycles. The molecule has 1 amide bonds. The van der Waals surface area contributed by atoms with Crippen LogP contribution in [0.5, 0.6) is 0 Å². The van der Waals surface area contributed by atoms with Crippen molar-refractivity contribution in [1.29, 1.82) is 0 Å². The van der Waals surface area contributed by atoms with Crippen LogP contribution in [-0.2, 0) is 4.79 Å². The molecule has 1 atom stereocenters. The first kappa shape index (κ1) is 19.2. The van der Waals surface area contributed by atoms with Crippen molar-refractivity contribution < 1.29 is 10.1 Å². The summed E-state index contributed by atoms with van der Waals surface area (Å²) in [5, 5.41) is 5.09. The van der Waals surface area contributed by atoms with Crippen molar-refractivity contribution in [3.05, 3.63) is 95.6 Å². The predicted octanol–water partition coefficient (Wildman–Crippen LogP) is 4.01. The fourth-order valence-corrected chi connectivity index (χ4v) is 3.50. The maximum absolute atomic E-state index is 12.5. The van der Waals surface area contributed by atoms with E-state index in [1.54, 1.807) is 11.8 Å². The topological polar surface area (TPSA) is 45.7 Å². The van der Waals surface area contributed by atoms with Crippen molar-refractivity contribution in [3.63, 3.8) is 0 Å². The van der Waals surface area contributed by atoms with E-state index < -0.39 is 0 Å². The van der Waals surface area contributed by atoms with Crippen molar-refractivity contribution in [2.45, 2.75) is 17.9 Å². The first-order valence-corrected chi connectivity index (χ1v) is 10.3. The van der Waals surface area contributed by atoms with E-state index in [0.717, 1.165) is 10.6 Å². The Labute approximate surface area is 165 Å². The summed E-state index contributed by atoms with van der Waals surface area (Å²) in [6, 6.07) is 26.9. The first-order chi connectivity index (χ1) is 13.2. The van der Waals surface area contributed by atoms with Crippen molar-refractivity contribution in [3.8, 4) is 0 Å². The second-order valence-corrected chi connectivity index (χ2v) is 7.40. The molecule has 0 aliphatic carbocycles. The minimum atomic E-state index is 0.00120. The summed E-state index contributed by atoms with van der Waals surface area (Å²) in [6.45, 7) is 2.44. The van der Waals surface area contributed by atoms with Gasteiger partial charge in [0.15, 0.2) is 6.54 Å². The van der Waals surface area contributed by atoms with E-state index in [1.807, 2.05) is 48.7 Å². The third-order valence-electron chi connectivity index (χ3n) is 4.49. The van der Waals surface area contributed by atoms with Crippen molar-refractivity contribution in [1.82, 2.24) is 0 Å². The minimum Gasteiger partial charge on any atom is -0.328 e. The normalized spacial score (nSPS) is 11.8. The molecule has 3 rings (SSSR count). The van der Waals surface area contributed by atoms with Crippen LogP contribution in [0.4, 0.5) is 5.69 Å². The van der Waals surface area contributed by atoms with Gasteiger partial charge in [-0.1, -0.05) is 66.2 Å². The Morgan fingerprint density at radius 1 is 0.963 bits per heavy atom. The van der Waals surface area contributed by atoms with Crippen molar-refractivity contribution >= 4 is 23.4 Å². The van der Waals surface area contributed by atoms with Crippen LogP contribution in [0.15, 0.2) is 83.8 Å². The molecule has 0 saturated heterocycles. The number of aryl methyl sites for hydroxylation is 1. The molecule has 0 aromatic heterocycles. The number of carbonyl (C=O) groups is 1. The Bertz CT molecular complexity index is 878. The monoisotopic (exact) mass is 377 g/mol. The second-order valence-electron chi connectivity index (χ2n) is 6.52. The lowest BCUT2D eigenvalue weighted by molar-refractivity contribution is -0.676. The molecule has 0 radical (unpaired) electrons. The molecule has 4 heteroatoms. The average Bonchev–Trinajstić information content (AvgIpc) is 2.70. The molecule has 0 saturated carbocycles. The van der Waals surface area contributed by atoms with Gasteiger partial charge in [-0.25, -0.2) is 0 Å². The lowest BCUT2D eigenvalue weighted by atomic mass is 9.98. The van der Waals surface area contributed by atoms with E-state index in [4.69, 9.17) is 0 Å². The van der Waals surface area contributed by atoms with Gasteiger partial charge in [-0.05, 0) is 31.4 Å². The number of amides is 1. The van der Waals surface area contributed by atoms with Gasteiger partial charge in [0.25, 0.3) is 5.91 Å². The zero-order valence-electron chi connectivity index (χ0n) is 15.7. The van der Waals surface area contributed by atoms with Crippen molar-refractivity contribution in [2.24, 2.45) is 0 Å². The summed E-state index contributed by atoms with van der Waals surface area (Å²) in [6.07, 6.45) is 2.03. The molecule has 0 unspecified atom stereocenters. The number of hydrogen-bond donors (Lipinski definition) is 2. The number of thioether (sulfide) groups is 1. The van der Waals surface area contributed by atoms with E-state index in [9.17, 15) is 4.79 Å². The highest BCUT2D eigenvalue weighted by Gasteiger charge is 2.18. The second kappa shape index (κ2) is 9.40. The smallest absolute Gasteiger partial charge is 0.279 e. The molecule has 27 heavy (non-hydrogen) atoms. The third-order valence-corrected chi connectivity index (χ3v) is 5.21. The predicted molar refractivity (Wildman–Crippen MR) is 113 cm³/mol. The molecule has 0 aliphatic rings. The lowest BCUT2D eigenvalue weighted by Gasteiger charge is -2.17. The minimum absolute atomic E-state index is 0.00120. The number of benzene rings is 3. The maximum atomic E-state index is 12.5.